The summed E-state index contributed by atoms with van der Waals surface area (Å²) >= 11 is 0. The molecule has 3 heteroatoms. The van der Waals surface area contributed by atoms with E-state index in [2.05, 4.69) is 6.92 Å². The van der Waals surface area contributed by atoms with E-state index >= 15 is 0 Å². The molecular weight excluding hydrogens is 204 g/mol. The third-order valence-corrected chi connectivity index (χ3v) is 2.69. The van der Waals surface area contributed by atoms with Crippen LogP contribution >= 0.6 is 0 Å². The summed E-state index contributed by atoms with van der Waals surface area (Å²) in [4.78, 5) is 11.6. The zero-order valence-corrected chi connectivity index (χ0v) is 10.9. The van der Waals surface area contributed by atoms with E-state index in [1.807, 2.05) is 20.8 Å². The molecule has 0 aromatic carbocycles. The fraction of sp³-hybridized carbons (Fsp3) is 0.923. The Bertz CT molecular complexity index is 224. The van der Waals surface area contributed by atoms with Crippen molar-refractivity contribution < 1.29 is 14.3 Å². The molecule has 16 heavy (non-hydrogen) atoms. The number of carbonyl (C=O) groups excluding carboxylic acids is 1. The molecule has 0 heterocycles. The second-order valence-electron chi connectivity index (χ2n) is 5.55. The molecule has 0 aromatic heterocycles. The zero-order valence-electron chi connectivity index (χ0n) is 10.9. The summed E-state index contributed by atoms with van der Waals surface area (Å²) in [6.07, 6.45) is 4.21. The van der Waals surface area contributed by atoms with E-state index in [-0.39, 0.29) is 23.6 Å². The maximum absolute atomic E-state index is 11.6. The summed E-state index contributed by atoms with van der Waals surface area (Å²) in [5.74, 6) is -0.00584. The Balaban J connectivity index is 2.13. The van der Waals surface area contributed by atoms with Crippen LogP contribution in [0, 0.1) is 5.92 Å². The second kappa shape index (κ2) is 5.67. The molecule has 0 unspecified atom stereocenters. The number of rotatable bonds is 5. The van der Waals surface area contributed by atoms with Crippen LogP contribution in [0.4, 0.5) is 0 Å². The Labute approximate surface area is 98.5 Å². The minimum absolute atomic E-state index is 0.0610. The largest absolute Gasteiger partial charge is 0.460 e. The van der Waals surface area contributed by atoms with Crippen molar-refractivity contribution in [2.45, 2.75) is 65.1 Å². The highest BCUT2D eigenvalue weighted by Gasteiger charge is 2.37. The summed E-state index contributed by atoms with van der Waals surface area (Å²) < 4.78 is 10.9. The molecule has 0 atom stereocenters. The molecule has 0 radical (unpaired) electrons. The molecule has 0 aromatic rings. The second-order valence-corrected chi connectivity index (χ2v) is 5.55. The van der Waals surface area contributed by atoms with Gasteiger partial charge in [-0.3, -0.25) is 4.79 Å². The molecule has 1 rings (SSSR count). The van der Waals surface area contributed by atoms with Crippen molar-refractivity contribution in [1.82, 2.24) is 0 Å². The Morgan fingerprint density at radius 3 is 2.44 bits per heavy atom. The standard InChI is InChI=1S/C13H24O3/c1-5-6-7-15-11-8-10(9-11)12(14)16-13(2,3)4/h10-11H,5-9H2,1-4H3. The molecule has 1 saturated carbocycles. The number of ether oxygens (including phenoxy) is 2. The average molecular weight is 228 g/mol. The van der Waals surface area contributed by atoms with Crippen LogP contribution in [0.15, 0.2) is 0 Å². The summed E-state index contributed by atoms with van der Waals surface area (Å²) in [5.41, 5.74) is -0.370. The third kappa shape index (κ3) is 4.52. The fourth-order valence-corrected chi connectivity index (χ4v) is 1.67. The lowest BCUT2D eigenvalue weighted by atomic mass is 9.82. The summed E-state index contributed by atoms with van der Waals surface area (Å²) in [6.45, 7) is 8.67. The van der Waals surface area contributed by atoms with Crippen LogP contribution in [0.2, 0.25) is 0 Å². The quantitative estimate of drug-likeness (QED) is 0.536. The lowest BCUT2D eigenvalue weighted by Gasteiger charge is -2.35. The molecule has 3 nitrogen and oxygen atoms in total. The fourth-order valence-electron chi connectivity index (χ4n) is 1.67. The lowest BCUT2D eigenvalue weighted by molar-refractivity contribution is -0.169. The molecule has 0 saturated heterocycles. The first-order valence-electron chi connectivity index (χ1n) is 6.27. The van der Waals surface area contributed by atoms with Gasteiger partial charge in [0, 0.05) is 6.61 Å². The van der Waals surface area contributed by atoms with Crippen molar-refractivity contribution in [2.24, 2.45) is 5.92 Å². The van der Waals surface area contributed by atoms with Crippen LogP contribution in [0.25, 0.3) is 0 Å². The third-order valence-electron chi connectivity index (χ3n) is 2.69. The molecule has 1 fully saturated rings. The van der Waals surface area contributed by atoms with E-state index in [1.165, 1.54) is 0 Å². The smallest absolute Gasteiger partial charge is 0.309 e. The van der Waals surface area contributed by atoms with Crippen LogP contribution in [0.5, 0.6) is 0 Å². The van der Waals surface area contributed by atoms with Gasteiger partial charge < -0.3 is 9.47 Å². The van der Waals surface area contributed by atoms with E-state index < -0.39 is 0 Å². The summed E-state index contributed by atoms with van der Waals surface area (Å²) in [5, 5.41) is 0. The van der Waals surface area contributed by atoms with Crippen LogP contribution < -0.4 is 0 Å². The minimum Gasteiger partial charge on any atom is -0.460 e. The van der Waals surface area contributed by atoms with Crippen molar-refractivity contribution >= 4 is 5.97 Å². The molecule has 0 amide bonds. The first kappa shape index (κ1) is 13.5. The van der Waals surface area contributed by atoms with Crippen molar-refractivity contribution in [2.75, 3.05) is 6.61 Å². The van der Waals surface area contributed by atoms with Crippen molar-refractivity contribution in [3.8, 4) is 0 Å². The van der Waals surface area contributed by atoms with Crippen molar-refractivity contribution in [3.63, 3.8) is 0 Å². The van der Waals surface area contributed by atoms with Crippen LogP contribution in [-0.2, 0) is 14.3 Å². The van der Waals surface area contributed by atoms with E-state index in [9.17, 15) is 4.79 Å². The number of hydrogen-bond acceptors (Lipinski definition) is 3. The Morgan fingerprint density at radius 1 is 1.31 bits per heavy atom. The van der Waals surface area contributed by atoms with Gasteiger partial charge in [-0.25, -0.2) is 0 Å². The highest BCUT2D eigenvalue weighted by Crippen LogP contribution is 2.32. The first-order chi connectivity index (χ1) is 7.42. The van der Waals surface area contributed by atoms with Crippen molar-refractivity contribution in [3.05, 3.63) is 0 Å². The van der Waals surface area contributed by atoms with E-state index in [0.717, 1.165) is 32.3 Å². The Kier molecular flexibility index (Phi) is 4.78. The molecule has 1 aliphatic carbocycles. The van der Waals surface area contributed by atoms with Gasteiger partial charge in [0.15, 0.2) is 0 Å². The van der Waals surface area contributed by atoms with Gasteiger partial charge in [0.25, 0.3) is 0 Å². The molecule has 0 N–H and O–H groups in total. The maximum atomic E-state index is 11.6. The van der Waals surface area contributed by atoms with E-state index in [1.54, 1.807) is 0 Å². The van der Waals surface area contributed by atoms with Crippen LogP contribution in [-0.4, -0.2) is 24.3 Å². The predicted octanol–water partition coefficient (Wildman–Crippen LogP) is 2.92. The summed E-state index contributed by atoms with van der Waals surface area (Å²) in [6, 6.07) is 0. The normalized spacial score (nSPS) is 25.0. The van der Waals surface area contributed by atoms with Gasteiger partial charge in [-0.1, -0.05) is 13.3 Å². The topological polar surface area (TPSA) is 35.5 Å². The molecule has 0 spiro atoms. The number of carbonyl (C=O) groups is 1. The monoisotopic (exact) mass is 228 g/mol. The summed E-state index contributed by atoms with van der Waals surface area (Å²) in [7, 11) is 0. The van der Waals surface area contributed by atoms with Gasteiger partial charge in [0.1, 0.15) is 5.60 Å². The minimum atomic E-state index is -0.370. The average Bonchev–Trinajstić information content (AvgIpc) is 2.05. The first-order valence-corrected chi connectivity index (χ1v) is 6.27. The SMILES string of the molecule is CCCCOC1CC(C(=O)OC(C)(C)C)C1. The van der Waals surface area contributed by atoms with Crippen LogP contribution in [0.3, 0.4) is 0 Å². The van der Waals surface area contributed by atoms with Crippen LogP contribution in [0.1, 0.15) is 53.4 Å². The van der Waals surface area contributed by atoms with E-state index in [4.69, 9.17) is 9.47 Å². The molecular formula is C13H24O3. The van der Waals surface area contributed by atoms with Gasteiger partial charge in [-0.15, -0.1) is 0 Å². The lowest BCUT2D eigenvalue weighted by Crippen LogP contribution is -2.40. The van der Waals surface area contributed by atoms with Gasteiger partial charge >= 0.3 is 5.97 Å². The number of esters is 1. The zero-order chi connectivity index (χ0) is 12.2. The van der Waals surface area contributed by atoms with Gasteiger partial charge in [-0.2, -0.15) is 0 Å². The Hall–Kier alpha value is -0.570. The number of unbranched alkanes of at least 4 members (excludes halogenated alkanes) is 1. The number of hydrogen-bond donors (Lipinski definition) is 0. The molecule has 0 aliphatic heterocycles. The Morgan fingerprint density at radius 2 is 1.94 bits per heavy atom. The molecule has 0 bridgehead atoms. The van der Waals surface area contributed by atoms with Gasteiger partial charge in [0.2, 0.25) is 0 Å². The molecule has 1 aliphatic rings. The predicted molar refractivity (Wildman–Crippen MR) is 63.2 cm³/mol. The molecule has 94 valence electrons. The van der Waals surface area contributed by atoms with E-state index in [0.29, 0.717) is 0 Å². The highest BCUT2D eigenvalue weighted by molar-refractivity contribution is 5.74. The van der Waals surface area contributed by atoms with Gasteiger partial charge in [-0.05, 0) is 40.0 Å². The van der Waals surface area contributed by atoms with Crippen molar-refractivity contribution in [1.29, 1.82) is 0 Å². The van der Waals surface area contributed by atoms with Gasteiger partial charge in [0.05, 0.1) is 12.0 Å². The maximum Gasteiger partial charge on any atom is 0.309 e. The highest BCUT2D eigenvalue weighted by atomic mass is 16.6.